The second-order valence-electron chi connectivity index (χ2n) is 6.10. The third-order valence-corrected chi connectivity index (χ3v) is 3.72. The van der Waals surface area contributed by atoms with Gasteiger partial charge < -0.3 is 10.6 Å². The fourth-order valence-corrected chi connectivity index (χ4v) is 2.43. The minimum Gasteiger partial charge on any atom is -0.368 e. The molecule has 0 spiro atoms. The van der Waals surface area contributed by atoms with Crippen LogP contribution >= 0.6 is 0 Å². The van der Waals surface area contributed by atoms with Crippen molar-refractivity contribution in [3.05, 3.63) is 29.6 Å². The van der Waals surface area contributed by atoms with Gasteiger partial charge in [-0.3, -0.25) is 0 Å². The van der Waals surface area contributed by atoms with Crippen molar-refractivity contribution in [2.24, 2.45) is 11.7 Å². The Labute approximate surface area is 115 Å². The molecule has 1 aliphatic carbocycles. The minimum absolute atomic E-state index is 0.133. The van der Waals surface area contributed by atoms with E-state index in [0.29, 0.717) is 12.0 Å². The monoisotopic (exact) mass is 264 g/mol. The van der Waals surface area contributed by atoms with Gasteiger partial charge in [0.15, 0.2) is 0 Å². The lowest BCUT2D eigenvalue weighted by molar-refractivity contribution is 0.568. The summed E-state index contributed by atoms with van der Waals surface area (Å²) in [5.74, 6) is 0.483. The number of benzene rings is 1. The van der Waals surface area contributed by atoms with Gasteiger partial charge in [-0.2, -0.15) is 0 Å². The highest BCUT2D eigenvalue weighted by molar-refractivity contribution is 5.56. The van der Waals surface area contributed by atoms with E-state index in [4.69, 9.17) is 5.73 Å². The third kappa shape index (κ3) is 3.69. The van der Waals surface area contributed by atoms with Crippen LogP contribution in [-0.4, -0.2) is 12.6 Å². The zero-order valence-corrected chi connectivity index (χ0v) is 12.2. The summed E-state index contributed by atoms with van der Waals surface area (Å²) < 4.78 is 13.4. The molecular formula is C16H25FN2. The molecule has 1 fully saturated rings. The van der Waals surface area contributed by atoms with Crippen LogP contribution < -0.4 is 10.6 Å². The molecule has 0 amide bonds. The molecular weight excluding hydrogens is 239 g/mol. The first-order valence-corrected chi connectivity index (χ1v) is 7.30. The molecule has 1 aromatic carbocycles. The number of anilines is 1. The van der Waals surface area contributed by atoms with Crippen LogP contribution in [0.15, 0.2) is 18.2 Å². The van der Waals surface area contributed by atoms with E-state index < -0.39 is 0 Å². The molecule has 3 heteroatoms. The summed E-state index contributed by atoms with van der Waals surface area (Å²) in [4.78, 5) is 2.43. The molecule has 0 saturated heterocycles. The van der Waals surface area contributed by atoms with Gasteiger partial charge in [0, 0.05) is 24.3 Å². The molecule has 2 nitrogen and oxygen atoms in total. The van der Waals surface area contributed by atoms with Gasteiger partial charge in [-0.1, -0.05) is 13.8 Å². The highest BCUT2D eigenvalue weighted by Gasteiger charge is 2.30. The molecule has 1 saturated carbocycles. The van der Waals surface area contributed by atoms with Gasteiger partial charge in [-0.15, -0.1) is 0 Å². The highest BCUT2D eigenvalue weighted by atomic mass is 19.1. The van der Waals surface area contributed by atoms with Crippen molar-refractivity contribution < 1.29 is 4.39 Å². The van der Waals surface area contributed by atoms with Crippen LogP contribution in [0.4, 0.5) is 10.1 Å². The van der Waals surface area contributed by atoms with E-state index in [9.17, 15) is 4.39 Å². The molecule has 2 N–H and O–H groups in total. The Morgan fingerprint density at radius 1 is 1.32 bits per heavy atom. The van der Waals surface area contributed by atoms with E-state index in [1.165, 1.54) is 12.8 Å². The van der Waals surface area contributed by atoms with Crippen molar-refractivity contribution in [1.29, 1.82) is 0 Å². The Morgan fingerprint density at radius 3 is 2.53 bits per heavy atom. The van der Waals surface area contributed by atoms with Crippen LogP contribution in [0.2, 0.25) is 0 Å². The normalized spacial score (nSPS) is 16.7. The van der Waals surface area contributed by atoms with E-state index in [1.807, 2.05) is 13.0 Å². The van der Waals surface area contributed by atoms with E-state index in [2.05, 4.69) is 18.7 Å². The van der Waals surface area contributed by atoms with Gasteiger partial charge in [0.05, 0.1) is 0 Å². The Balaban J connectivity index is 2.25. The lowest BCUT2D eigenvalue weighted by Gasteiger charge is -2.29. The van der Waals surface area contributed by atoms with Crippen LogP contribution in [0.3, 0.4) is 0 Å². The second kappa shape index (κ2) is 5.91. The van der Waals surface area contributed by atoms with Gasteiger partial charge in [0.1, 0.15) is 5.82 Å². The van der Waals surface area contributed by atoms with Gasteiger partial charge in [-0.25, -0.2) is 4.39 Å². The fraction of sp³-hybridized carbons (Fsp3) is 0.625. The molecule has 0 heterocycles. The number of halogens is 1. The largest absolute Gasteiger partial charge is 0.368 e. The average Bonchev–Trinajstić information content (AvgIpc) is 3.14. The van der Waals surface area contributed by atoms with Crippen molar-refractivity contribution in [3.8, 4) is 0 Å². The molecule has 106 valence electrons. The molecule has 0 radical (unpaired) electrons. The van der Waals surface area contributed by atoms with Crippen molar-refractivity contribution in [2.75, 3.05) is 11.4 Å². The Bertz CT molecular complexity index is 425. The zero-order valence-electron chi connectivity index (χ0n) is 12.2. The molecule has 0 unspecified atom stereocenters. The van der Waals surface area contributed by atoms with E-state index in [-0.39, 0.29) is 11.9 Å². The van der Waals surface area contributed by atoms with Gasteiger partial charge >= 0.3 is 0 Å². The molecule has 19 heavy (non-hydrogen) atoms. The quantitative estimate of drug-likeness (QED) is 0.845. The molecule has 2 rings (SSSR count). The first-order valence-electron chi connectivity index (χ1n) is 7.30. The highest BCUT2D eigenvalue weighted by Crippen LogP contribution is 2.36. The van der Waals surface area contributed by atoms with Crippen LogP contribution in [-0.2, 0) is 0 Å². The van der Waals surface area contributed by atoms with Crippen LogP contribution in [0.1, 0.15) is 51.6 Å². The SMILES string of the molecule is CC(C)CCN(c1ccc(F)cc1[C@H](C)N)C1CC1. The van der Waals surface area contributed by atoms with Crippen molar-refractivity contribution in [2.45, 2.75) is 52.1 Å². The first-order chi connectivity index (χ1) is 8.99. The summed E-state index contributed by atoms with van der Waals surface area (Å²) in [5, 5.41) is 0. The second-order valence-corrected chi connectivity index (χ2v) is 6.10. The van der Waals surface area contributed by atoms with E-state index >= 15 is 0 Å². The van der Waals surface area contributed by atoms with E-state index in [0.717, 1.165) is 24.2 Å². The number of nitrogens with zero attached hydrogens (tertiary/aromatic N) is 1. The van der Waals surface area contributed by atoms with Gasteiger partial charge in [0.2, 0.25) is 0 Å². The minimum atomic E-state index is -0.198. The number of hydrogen-bond acceptors (Lipinski definition) is 2. The molecule has 0 aromatic heterocycles. The van der Waals surface area contributed by atoms with Gasteiger partial charge in [-0.05, 0) is 55.9 Å². The zero-order chi connectivity index (χ0) is 14.0. The summed E-state index contributed by atoms with van der Waals surface area (Å²) in [6.45, 7) is 7.43. The summed E-state index contributed by atoms with van der Waals surface area (Å²) >= 11 is 0. The van der Waals surface area contributed by atoms with Crippen LogP contribution in [0.5, 0.6) is 0 Å². The fourth-order valence-electron chi connectivity index (χ4n) is 2.43. The summed E-state index contributed by atoms with van der Waals surface area (Å²) in [5.41, 5.74) is 8.06. The molecule has 1 aliphatic rings. The Hall–Kier alpha value is -1.09. The smallest absolute Gasteiger partial charge is 0.123 e. The maximum atomic E-state index is 13.4. The first kappa shape index (κ1) is 14.3. The maximum Gasteiger partial charge on any atom is 0.123 e. The predicted molar refractivity (Wildman–Crippen MR) is 78.8 cm³/mol. The van der Waals surface area contributed by atoms with Crippen LogP contribution in [0.25, 0.3) is 0 Å². The summed E-state index contributed by atoms with van der Waals surface area (Å²) in [7, 11) is 0. The topological polar surface area (TPSA) is 29.3 Å². The lowest BCUT2D eigenvalue weighted by Crippen LogP contribution is -2.29. The third-order valence-electron chi connectivity index (χ3n) is 3.72. The maximum absolute atomic E-state index is 13.4. The Morgan fingerprint density at radius 2 is 2.00 bits per heavy atom. The Kier molecular flexibility index (Phi) is 4.46. The molecule has 0 bridgehead atoms. The average molecular weight is 264 g/mol. The van der Waals surface area contributed by atoms with Crippen molar-refractivity contribution in [3.63, 3.8) is 0 Å². The predicted octanol–water partition coefficient (Wildman–Crippen LogP) is 3.86. The van der Waals surface area contributed by atoms with Crippen LogP contribution in [0, 0.1) is 11.7 Å². The van der Waals surface area contributed by atoms with Crippen molar-refractivity contribution >= 4 is 5.69 Å². The standard InChI is InChI=1S/C16H25FN2/c1-11(2)8-9-19(14-5-6-14)16-7-4-13(17)10-15(16)12(3)18/h4,7,10-12,14H,5-6,8-9,18H2,1-3H3/t12-/m0/s1. The number of hydrogen-bond donors (Lipinski definition) is 1. The molecule has 1 atom stereocenters. The number of nitrogens with two attached hydrogens (primary N) is 1. The lowest BCUT2D eigenvalue weighted by atomic mass is 10.0. The molecule has 0 aliphatic heterocycles. The summed E-state index contributed by atoms with van der Waals surface area (Å²) in [6, 6.07) is 5.52. The number of rotatable bonds is 6. The van der Waals surface area contributed by atoms with Gasteiger partial charge in [0.25, 0.3) is 0 Å². The van der Waals surface area contributed by atoms with Crippen molar-refractivity contribution in [1.82, 2.24) is 0 Å². The molecule has 1 aromatic rings. The summed E-state index contributed by atoms with van der Waals surface area (Å²) in [6.07, 6.45) is 3.65. The van der Waals surface area contributed by atoms with E-state index in [1.54, 1.807) is 12.1 Å².